The molecule has 0 radical (unpaired) electrons. The molecule has 2 aromatic carbocycles. The molecule has 136 valence electrons. The second-order valence-electron chi connectivity index (χ2n) is 5.13. The fraction of sp³-hybridized carbons (Fsp3) is 0.278. The van der Waals surface area contributed by atoms with E-state index >= 15 is 0 Å². The molecule has 5 nitrogen and oxygen atoms in total. The molecule has 0 saturated carbocycles. The van der Waals surface area contributed by atoms with Crippen molar-refractivity contribution in [2.75, 3.05) is 13.7 Å². The van der Waals surface area contributed by atoms with Gasteiger partial charge in [-0.15, -0.1) is 12.4 Å². The van der Waals surface area contributed by atoms with E-state index in [1.807, 2.05) is 13.0 Å². The monoisotopic (exact) mass is 385 g/mol. The zero-order valence-corrected chi connectivity index (χ0v) is 15.6. The molecule has 7 heteroatoms. The number of nitrogens with one attached hydrogen (secondary N) is 1. The van der Waals surface area contributed by atoms with E-state index in [2.05, 4.69) is 5.32 Å². The lowest BCUT2D eigenvalue weighted by atomic mass is 10.1. The molecule has 0 fully saturated rings. The van der Waals surface area contributed by atoms with Gasteiger partial charge in [0.1, 0.15) is 0 Å². The molecule has 0 atom stereocenters. The highest BCUT2D eigenvalue weighted by Crippen LogP contribution is 2.34. The van der Waals surface area contributed by atoms with Crippen molar-refractivity contribution in [3.8, 4) is 11.5 Å². The quantitative estimate of drug-likeness (QED) is 0.713. The Labute approximate surface area is 158 Å². The van der Waals surface area contributed by atoms with Crippen molar-refractivity contribution in [3.63, 3.8) is 0 Å². The smallest absolute Gasteiger partial charge is 0.335 e. The lowest BCUT2D eigenvalue weighted by Crippen LogP contribution is -2.14. The highest BCUT2D eigenvalue weighted by molar-refractivity contribution is 6.30. The molecule has 0 amide bonds. The van der Waals surface area contributed by atoms with Gasteiger partial charge in [-0.2, -0.15) is 0 Å². The Morgan fingerprint density at radius 3 is 2.44 bits per heavy atom. The standard InChI is InChI=1S/C18H20ClNO4.ClH/c1-3-24-17-14(8-15(19)9-16(17)23-2)11-20-10-12-4-6-13(7-5-12)18(21)22;/h4-9,20H,3,10-11H2,1-2H3,(H,21,22);1H. The lowest BCUT2D eigenvalue weighted by molar-refractivity contribution is 0.0697. The molecule has 0 aromatic heterocycles. The van der Waals surface area contributed by atoms with Crippen molar-refractivity contribution < 1.29 is 19.4 Å². The first kappa shape index (κ1) is 21.1. The Balaban J connectivity index is 0.00000312. The van der Waals surface area contributed by atoms with Crippen LogP contribution in [0.4, 0.5) is 0 Å². The molecule has 2 rings (SSSR count). The van der Waals surface area contributed by atoms with Crippen LogP contribution < -0.4 is 14.8 Å². The zero-order valence-electron chi connectivity index (χ0n) is 14.0. The van der Waals surface area contributed by atoms with Gasteiger partial charge in [0.15, 0.2) is 11.5 Å². The molecule has 2 aromatic rings. The number of carboxylic acids is 1. The number of methoxy groups -OCH3 is 1. The fourth-order valence-electron chi connectivity index (χ4n) is 2.32. The van der Waals surface area contributed by atoms with E-state index in [1.54, 1.807) is 37.4 Å². The van der Waals surface area contributed by atoms with Gasteiger partial charge in [0, 0.05) is 29.7 Å². The average molecular weight is 386 g/mol. The summed E-state index contributed by atoms with van der Waals surface area (Å²) in [7, 11) is 1.58. The van der Waals surface area contributed by atoms with Crippen LogP contribution in [-0.4, -0.2) is 24.8 Å². The second kappa shape index (κ2) is 10.1. The summed E-state index contributed by atoms with van der Waals surface area (Å²) in [6.45, 7) is 3.59. The SMILES string of the molecule is CCOc1c(CNCc2ccc(C(=O)O)cc2)cc(Cl)cc1OC.Cl. The summed E-state index contributed by atoms with van der Waals surface area (Å²) in [5, 5.41) is 12.8. The third-order valence-electron chi connectivity index (χ3n) is 3.45. The molecular formula is C18H21Cl2NO4. The number of hydrogen-bond acceptors (Lipinski definition) is 4. The number of ether oxygens (including phenoxy) is 2. The summed E-state index contributed by atoms with van der Waals surface area (Å²) in [5.41, 5.74) is 2.17. The Bertz CT molecular complexity index is 705. The van der Waals surface area contributed by atoms with E-state index in [1.165, 1.54) is 0 Å². The summed E-state index contributed by atoms with van der Waals surface area (Å²) in [4.78, 5) is 10.8. The van der Waals surface area contributed by atoms with Gasteiger partial charge >= 0.3 is 5.97 Å². The molecule has 0 aliphatic rings. The average Bonchev–Trinajstić information content (AvgIpc) is 2.57. The summed E-state index contributed by atoms with van der Waals surface area (Å²) in [6.07, 6.45) is 0. The number of benzene rings is 2. The summed E-state index contributed by atoms with van der Waals surface area (Å²) >= 11 is 6.12. The summed E-state index contributed by atoms with van der Waals surface area (Å²) in [5.74, 6) is 0.354. The zero-order chi connectivity index (χ0) is 17.5. The number of halogens is 2. The molecule has 0 aliphatic carbocycles. The number of aromatic carboxylic acids is 1. The minimum Gasteiger partial charge on any atom is -0.493 e. The van der Waals surface area contributed by atoms with Gasteiger partial charge in [-0.1, -0.05) is 23.7 Å². The van der Waals surface area contributed by atoms with Gasteiger partial charge in [-0.05, 0) is 30.7 Å². The van der Waals surface area contributed by atoms with Gasteiger partial charge in [0.05, 0.1) is 19.3 Å². The number of rotatable bonds is 8. The predicted octanol–water partition coefficient (Wildman–Crippen LogP) is 4.16. The Hall–Kier alpha value is -1.95. The topological polar surface area (TPSA) is 67.8 Å². The summed E-state index contributed by atoms with van der Waals surface area (Å²) in [6, 6.07) is 10.3. The maximum absolute atomic E-state index is 10.8. The Morgan fingerprint density at radius 2 is 1.88 bits per heavy atom. The fourth-order valence-corrected chi connectivity index (χ4v) is 2.55. The van der Waals surface area contributed by atoms with Gasteiger partial charge < -0.3 is 19.9 Å². The number of carbonyl (C=O) groups is 1. The molecule has 0 heterocycles. The molecule has 0 bridgehead atoms. The third-order valence-corrected chi connectivity index (χ3v) is 3.67. The van der Waals surface area contributed by atoms with E-state index in [-0.39, 0.29) is 18.0 Å². The third kappa shape index (κ3) is 5.81. The van der Waals surface area contributed by atoms with Crippen molar-refractivity contribution in [2.45, 2.75) is 20.0 Å². The van der Waals surface area contributed by atoms with Crippen LogP contribution in [0, 0.1) is 0 Å². The van der Waals surface area contributed by atoms with Crippen molar-refractivity contribution >= 4 is 30.0 Å². The largest absolute Gasteiger partial charge is 0.493 e. The first-order chi connectivity index (χ1) is 11.5. The van der Waals surface area contributed by atoms with Gasteiger partial charge in [-0.25, -0.2) is 4.79 Å². The van der Waals surface area contributed by atoms with E-state index < -0.39 is 5.97 Å². The lowest BCUT2D eigenvalue weighted by Gasteiger charge is -2.15. The van der Waals surface area contributed by atoms with Crippen LogP contribution >= 0.6 is 24.0 Å². The normalized spacial score (nSPS) is 10.0. The second-order valence-corrected chi connectivity index (χ2v) is 5.57. The molecule has 0 aliphatic heterocycles. The molecule has 25 heavy (non-hydrogen) atoms. The first-order valence-electron chi connectivity index (χ1n) is 7.57. The predicted molar refractivity (Wildman–Crippen MR) is 100 cm³/mol. The maximum Gasteiger partial charge on any atom is 0.335 e. The van der Waals surface area contributed by atoms with Crippen LogP contribution in [-0.2, 0) is 13.1 Å². The van der Waals surface area contributed by atoms with Crippen LogP contribution in [0.25, 0.3) is 0 Å². The van der Waals surface area contributed by atoms with Crippen LogP contribution in [0.15, 0.2) is 36.4 Å². The van der Waals surface area contributed by atoms with Crippen LogP contribution in [0.3, 0.4) is 0 Å². The molecule has 2 N–H and O–H groups in total. The van der Waals surface area contributed by atoms with E-state index in [9.17, 15) is 4.79 Å². The summed E-state index contributed by atoms with van der Waals surface area (Å²) < 4.78 is 11.0. The van der Waals surface area contributed by atoms with Gasteiger partial charge in [0.25, 0.3) is 0 Å². The molecular weight excluding hydrogens is 365 g/mol. The van der Waals surface area contributed by atoms with Crippen LogP contribution in [0.1, 0.15) is 28.4 Å². The van der Waals surface area contributed by atoms with Crippen LogP contribution in [0.5, 0.6) is 11.5 Å². The van der Waals surface area contributed by atoms with Gasteiger partial charge in [0.2, 0.25) is 0 Å². The van der Waals surface area contributed by atoms with Crippen molar-refractivity contribution in [1.29, 1.82) is 0 Å². The highest BCUT2D eigenvalue weighted by Gasteiger charge is 2.12. The van der Waals surface area contributed by atoms with E-state index in [4.69, 9.17) is 26.2 Å². The van der Waals surface area contributed by atoms with Crippen molar-refractivity contribution in [3.05, 3.63) is 58.1 Å². The van der Waals surface area contributed by atoms with Gasteiger partial charge in [-0.3, -0.25) is 0 Å². The van der Waals surface area contributed by atoms with E-state index in [0.29, 0.717) is 36.2 Å². The number of hydrogen-bond donors (Lipinski definition) is 2. The molecule has 0 unspecified atom stereocenters. The van der Waals surface area contributed by atoms with Crippen molar-refractivity contribution in [1.82, 2.24) is 5.32 Å². The Kier molecular flexibility index (Phi) is 8.55. The highest BCUT2D eigenvalue weighted by atomic mass is 35.5. The Morgan fingerprint density at radius 1 is 1.20 bits per heavy atom. The molecule has 0 saturated heterocycles. The minimum atomic E-state index is -0.929. The van der Waals surface area contributed by atoms with Crippen LogP contribution in [0.2, 0.25) is 5.02 Å². The first-order valence-corrected chi connectivity index (χ1v) is 7.95. The minimum absolute atomic E-state index is 0. The number of carboxylic acid groups (broad SMARTS) is 1. The maximum atomic E-state index is 10.8. The van der Waals surface area contributed by atoms with E-state index in [0.717, 1.165) is 11.1 Å². The van der Waals surface area contributed by atoms with Crippen molar-refractivity contribution in [2.24, 2.45) is 0 Å². The molecule has 0 spiro atoms.